The Labute approximate surface area is 177 Å². The average molecular weight is 430 g/mol. The van der Waals surface area contributed by atoms with Gasteiger partial charge in [0.25, 0.3) is 0 Å². The summed E-state index contributed by atoms with van der Waals surface area (Å²) in [6, 6.07) is 11.2. The summed E-state index contributed by atoms with van der Waals surface area (Å²) < 4.78 is 33.0. The van der Waals surface area contributed by atoms with Gasteiger partial charge in [-0.25, -0.2) is 8.42 Å². The number of ether oxygens (including phenoxy) is 1. The van der Waals surface area contributed by atoms with E-state index < -0.39 is 15.3 Å². The first-order valence-corrected chi connectivity index (χ1v) is 11.8. The molecule has 0 spiro atoms. The molecule has 30 heavy (non-hydrogen) atoms. The van der Waals surface area contributed by atoms with Gasteiger partial charge in [0.2, 0.25) is 15.9 Å². The number of pyridine rings is 1. The van der Waals surface area contributed by atoms with E-state index in [2.05, 4.69) is 4.98 Å². The second kappa shape index (κ2) is 8.73. The third-order valence-electron chi connectivity index (χ3n) is 6.08. The third kappa shape index (κ3) is 4.34. The van der Waals surface area contributed by atoms with Crippen LogP contribution in [0.4, 0.5) is 0 Å². The molecule has 2 fully saturated rings. The summed E-state index contributed by atoms with van der Waals surface area (Å²) in [5, 5.41) is -0.413. The topological polar surface area (TPSA) is 79.8 Å². The number of carbonyl (C=O) groups is 1. The second-order valence-electron chi connectivity index (χ2n) is 7.98. The lowest BCUT2D eigenvalue weighted by atomic mass is 10.0. The molecule has 2 atom stereocenters. The molecule has 0 N–H and O–H groups in total. The van der Waals surface area contributed by atoms with E-state index in [0.29, 0.717) is 45.4 Å². The number of nitrogens with zero attached hydrogens (tertiary/aromatic N) is 3. The lowest BCUT2D eigenvalue weighted by Gasteiger charge is -2.22. The van der Waals surface area contributed by atoms with Crippen molar-refractivity contribution >= 4 is 15.9 Å². The Morgan fingerprint density at radius 2 is 1.97 bits per heavy atom. The summed E-state index contributed by atoms with van der Waals surface area (Å²) in [5.41, 5.74) is 1.80. The SMILES string of the molecule is COc1cccc(CC(=O)N2CC[C@@H]3CN(Cc4cccnc4)S(=O)(=O)[C@@H]3CC2)c1. The fraction of sp³-hybridized carbons (Fsp3) is 0.455. The van der Waals surface area contributed by atoms with Crippen LogP contribution >= 0.6 is 0 Å². The zero-order valence-electron chi connectivity index (χ0n) is 17.1. The number of likely N-dealkylation sites (tertiary alicyclic amines) is 1. The van der Waals surface area contributed by atoms with Crippen molar-refractivity contribution in [2.45, 2.75) is 31.1 Å². The van der Waals surface area contributed by atoms with Crippen molar-refractivity contribution in [3.63, 3.8) is 0 Å². The molecule has 7 nitrogen and oxygen atoms in total. The lowest BCUT2D eigenvalue weighted by molar-refractivity contribution is -0.130. The molecule has 2 aliphatic rings. The van der Waals surface area contributed by atoms with E-state index in [0.717, 1.165) is 16.9 Å². The van der Waals surface area contributed by atoms with Gasteiger partial charge in [0.1, 0.15) is 5.75 Å². The zero-order chi connectivity index (χ0) is 21.1. The highest BCUT2D eigenvalue weighted by Gasteiger charge is 2.47. The predicted octanol–water partition coefficient (Wildman–Crippen LogP) is 2.09. The second-order valence-corrected chi connectivity index (χ2v) is 10.1. The van der Waals surface area contributed by atoms with Gasteiger partial charge in [-0.15, -0.1) is 0 Å². The molecule has 160 valence electrons. The molecule has 3 heterocycles. The molecule has 0 saturated carbocycles. The van der Waals surface area contributed by atoms with Crippen LogP contribution in [0.25, 0.3) is 0 Å². The largest absolute Gasteiger partial charge is 0.497 e. The molecule has 0 aliphatic carbocycles. The summed E-state index contributed by atoms with van der Waals surface area (Å²) in [7, 11) is -1.77. The van der Waals surface area contributed by atoms with Crippen LogP contribution in [0.3, 0.4) is 0 Å². The number of fused-ring (bicyclic) bond motifs is 1. The van der Waals surface area contributed by atoms with Crippen molar-refractivity contribution in [2.24, 2.45) is 5.92 Å². The number of hydrogen-bond donors (Lipinski definition) is 0. The van der Waals surface area contributed by atoms with Crippen LogP contribution in [0.1, 0.15) is 24.0 Å². The molecular formula is C22H27N3O4S. The number of sulfonamides is 1. The smallest absolute Gasteiger partial charge is 0.226 e. The summed E-state index contributed by atoms with van der Waals surface area (Å²) in [6.45, 7) is 1.95. The van der Waals surface area contributed by atoms with Crippen molar-refractivity contribution in [3.8, 4) is 5.75 Å². The number of carbonyl (C=O) groups excluding carboxylic acids is 1. The van der Waals surface area contributed by atoms with Crippen molar-refractivity contribution in [1.82, 2.24) is 14.2 Å². The van der Waals surface area contributed by atoms with Gasteiger partial charge >= 0.3 is 0 Å². The Morgan fingerprint density at radius 3 is 2.73 bits per heavy atom. The van der Waals surface area contributed by atoms with Crippen molar-refractivity contribution < 1.29 is 17.9 Å². The Kier molecular flexibility index (Phi) is 6.06. The normalized spacial score (nSPS) is 23.6. The molecule has 2 saturated heterocycles. The molecule has 0 unspecified atom stereocenters. The van der Waals surface area contributed by atoms with Crippen LogP contribution in [-0.2, 0) is 27.8 Å². The van der Waals surface area contributed by atoms with Crippen LogP contribution in [0.2, 0.25) is 0 Å². The van der Waals surface area contributed by atoms with Gasteiger partial charge in [-0.1, -0.05) is 18.2 Å². The van der Waals surface area contributed by atoms with Gasteiger partial charge in [-0.2, -0.15) is 4.31 Å². The van der Waals surface area contributed by atoms with Crippen LogP contribution < -0.4 is 4.74 Å². The van der Waals surface area contributed by atoms with Gasteiger partial charge in [0, 0.05) is 38.6 Å². The van der Waals surface area contributed by atoms with E-state index in [1.807, 2.05) is 41.3 Å². The first-order valence-electron chi connectivity index (χ1n) is 10.3. The van der Waals surface area contributed by atoms with E-state index in [9.17, 15) is 13.2 Å². The third-order valence-corrected chi connectivity index (χ3v) is 8.47. The first kappa shape index (κ1) is 20.8. The Bertz CT molecular complexity index is 996. The van der Waals surface area contributed by atoms with E-state index in [-0.39, 0.29) is 11.8 Å². The lowest BCUT2D eigenvalue weighted by Crippen LogP contribution is -2.35. The van der Waals surface area contributed by atoms with E-state index in [1.165, 1.54) is 0 Å². The molecule has 2 aromatic rings. The number of aromatic nitrogens is 1. The molecule has 4 rings (SSSR count). The molecule has 1 aromatic heterocycles. The predicted molar refractivity (Wildman–Crippen MR) is 113 cm³/mol. The van der Waals surface area contributed by atoms with Crippen molar-refractivity contribution in [1.29, 1.82) is 0 Å². The quantitative estimate of drug-likeness (QED) is 0.727. The highest BCUT2D eigenvalue weighted by Crippen LogP contribution is 2.35. The van der Waals surface area contributed by atoms with E-state index >= 15 is 0 Å². The maximum absolute atomic E-state index is 13.1. The minimum absolute atomic E-state index is 0.0350. The molecule has 0 radical (unpaired) electrons. The fourth-order valence-electron chi connectivity index (χ4n) is 4.46. The van der Waals surface area contributed by atoms with Gasteiger partial charge in [-0.05, 0) is 48.1 Å². The molecule has 0 bridgehead atoms. The summed E-state index contributed by atoms with van der Waals surface area (Å²) in [5.74, 6) is 0.819. The molecule has 8 heteroatoms. The van der Waals surface area contributed by atoms with Crippen LogP contribution in [0.5, 0.6) is 5.75 Å². The molecule has 1 aromatic carbocycles. The van der Waals surface area contributed by atoms with Gasteiger partial charge in [0.15, 0.2) is 0 Å². The van der Waals surface area contributed by atoms with Crippen LogP contribution in [0.15, 0.2) is 48.8 Å². The van der Waals surface area contributed by atoms with Crippen molar-refractivity contribution in [3.05, 3.63) is 59.9 Å². The Morgan fingerprint density at radius 1 is 1.17 bits per heavy atom. The molecular weight excluding hydrogens is 402 g/mol. The van der Waals surface area contributed by atoms with Gasteiger partial charge in [-0.3, -0.25) is 9.78 Å². The summed E-state index contributed by atoms with van der Waals surface area (Å²) in [4.78, 5) is 18.7. The fourth-order valence-corrected chi connectivity index (χ4v) is 6.69. The van der Waals surface area contributed by atoms with E-state index in [1.54, 1.807) is 23.8 Å². The van der Waals surface area contributed by atoms with Crippen LogP contribution in [0, 0.1) is 5.92 Å². The molecule has 2 aliphatic heterocycles. The average Bonchev–Trinajstić information content (AvgIpc) is 2.89. The highest BCUT2D eigenvalue weighted by molar-refractivity contribution is 7.90. The number of rotatable bonds is 5. The minimum Gasteiger partial charge on any atom is -0.497 e. The Hall–Kier alpha value is -2.45. The summed E-state index contributed by atoms with van der Waals surface area (Å²) in [6.07, 6.45) is 4.88. The standard InChI is InChI=1S/C22H27N3O4S/c1-29-20-6-2-4-17(12-20)13-22(26)24-10-7-19-16-25(15-18-5-3-9-23-14-18)30(27,28)21(19)8-11-24/h2-6,9,12,14,19,21H,7-8,10-11,13,15-16H2,1H3/t19-,21-/m1/s1. The number of methoxy groups -OCH3 is 1. The van der Waals surface area contributed by atoms with Gasteiger partial charge < -0.3 is 9.64 Å². The summed E-state index contributed by atoms with van der Waals surface area (Å²) >= 11 is 0. The monoisotopic (exact) mass is 429 g/mol. The number of amides is 1. The minimum atomic E-state index is -3.38. The number of hydrogen-bond acceptors (Lipinski definition) is 5. The number of benzene rings is 1. The molecule has 1 amide bonds. The zero-order valence-corrected chi connectivity index (χ0v) is 17.9. The first-order chi connectivity index (χ1) is 14.5. The maximum Gasteiger partial charge on any atom is 0.226 e. The van der Waals surface area contributed by atoms with Crippen LogP contribution in [-0.4, -0.2) is 60.5 Å². The van der Waals surface area contributed by atoms with E-state index in [4.69, 9.17) is 4.74 Å². The van der Waals surface area contributed by atoms with Crippen molar-refractivity contribution in [2.75, 3.05) is 26.7 Å². The maximum atomic E-state index is 13.1. The highest BCUT2D eigenvalue weighted by atomic mass is 32.2. The Balaban J connectivity index is 1.40. The van der Waals surface area contributed by atoms with Gasteiger partial charge in [0.05, 0.1) is 18.8 Å².